The molecule has 8 heteroatoms. The molecule has 1 aliphatic heterocycles. The van der Waals surface area contributed by atoms with Crippen molar-refractivity contribution in [1.82, 2.24) is 10.6 Å². The standard InChI is InChI=1S/C24H29N3O2S.C7H8ClN/c1-4-18(2)11-7-5-6-10-16-30-22-14-13-19(17-21(22)25-3)23(28)27-20-12-8-9-15-26-24(20)29;8-7-3-1-6(5-9)2-4-7/h1,6-7,10-11,13-14,17-18,20H,3,5,8-9,12,15-16H2,2H3,(H,26,29)(H,27,28);1-4H,5,9H2/b10-6-,11-7-;. The largest absolute Gasteiger partial charge is 0.354 e. The molecule has 0 aliphatic carbocycles. The van der Waals surface area contributed by atoms with Gasteiger partial charge in [-0.25, -0.2) is 0 Å². The van der Waals surface area contributed by atoms with E-state index >= 15 is 0 Å². The molecule has 0 spiro atoms. The molecule has 0 radical (unpaired) electrons. The number of amides is 2. The van der Waals surface area contributed by atoms with E-state index in [0.717, 1.165) is 40.5 Å². The lowest BCUT2D eigenvalue weighted by molar-refractivity contribution is -0.122. The highest BCUT2D eigenvalue weighted by molar-refractivity contribution is 7.99. The maximum Gasteiger partial charge on any atom is 0.252 e. The molecule has 1 saturated heterocycles. The van der Waals surface area contributed by atoms with Crippen LogP contribution in [0.2, 0.25) is 5.02 Å². The van der Waals surface area contributed by atoms with Gasteiger partial charge < -0.3 is 16.4 Å². The van der Waals surface area contributed by atoms with Crippen molar-refractivity contribution < 1.29 is 9.59 Å². The number of terminal acetylenes is 1. The summed E-state index contributed by atoms with van der Waals surface area (Å²) < 4.78 is 0. The molecule has 1 heterocycles. The number of benzene rings is 2. The predicted molar refractivity (Wildman–Crippen MR) is 165 cm³/mol. The van der Waals surface area contributed by atoms with Crippen molar-refractivity contribution in [2.45, 2.75) is 50.1 Å². The summed E-state index contributed by atoms with van der Waals surface area (Å²) >= 11 is 7.25. The van der Waals surface area contributed by atoms with Gasteiger partial charge in [0.05, 0.1) is 5.69 Å². The molecular weight excluding hydrogens is 528 g/mol. The fourth-order valence-corrected chi connectivity index (χ4v) is 4.54. The lowest BCUT2D eigenvalue weighted by Crippen LogP contribution is -2.45. The van der Waals surface area contributed by atoms with E-state index in [1.807, 2.05) is 43.3 Å². The monoisotopic (exact) mass is 564 g/mol. The smallest absolute Gasteiger partial charge is 0.252 e. The molecular formula is C31H37ClN4O2S. The minimum Gasteiger partial charge on any atom is -0.354 e. The van der Waals surface area contributed by atoms with Crippen LogP contribution in [-0.4, -0.2) is 36.9 Å². The molecule has 2 unspecified atom stereocenters. The highest BCUT2D eigenvalue weighted by atomic mass is 35.5. The molecule has 4 N–H and O–H groups in total. The highest BCUT2D eigenvalue weighted by Gasteiger charge is 2.23. The van der Waals surface area contributed by atoms with Gasteiger partial charge in [0.1, 0.15) is 6.04 Å². The van der Waals surface area contributed by atoms with Gasteiger partial charge in [0.2, 0.25) is 5.91 Å². The molecule has 206 valence electrons. The Bertz CT molecular complexity index is 1190. The van der Waals surface area contributed by atoms with Crippen molar-refractivity contribution in [3.05, 3.63) is 82.9 Å². The van der Waals surface area contributed by atoms with Crippen LogP contribution in [0.25, 0.3) is 0 Å². The van der Waals surface area contributed by atoms with Crippen LogP contribution in [-0.2, 0) is 11.3 Å². The van der Waals surface area contributed by atoms with E-state index in [2.05, 4.69) is 46.5 Å². The zero-order chi connectivity index (χ0) is 28.5. The Morgan fingerprint density at radius 1 is 1.28 bits per heavy atom. The second-order valence-corrected chi connectivity index (χ2v) is 10.4. The van der Waals surface area contributed by atoms with Crippen LogP contribution in [0.5, 0.6) is 0 Å². The van der Waals surface area contributed by atoms with Gasteiger partial charge in [0.25, 0.3) is 5.91 Å². The van der Waals surface area contributed by atoms with E-state index in [9.17, 15) is 9.59 Å². The van der Waals surface area contributed by atoms with E-state index in [-0.39, 0.29) is 17.7 Å². The minimum atomic E-state index is -0.489. The first kappa shape index (κ1) is 31.9. The number of aliphatic imine (C=N–C) groups is 1. The zero-order valence-corrected chi connectivity index (χ0v) is 23.9. The van der Waals surface area contributed by atoms with Gasteiger partial charge in [0.15, 0.2) is 0 Å². The molecule has 39 heavy (non-hydrogen) atoms. The number of nitrogens with two attached hydrogens (primary N) is 1. The first-order valence-corrected chi connectivity index (χ1v) is 14.3. The van der Waals surface area contributed by atoms with E-state index in [0.29, 0.717) is 30.8 Å². The fraction of sp³-hybridized carbons (Fsp3) is 0.323. The topological polar surface area (TPSA) is 96.6 Å². The zero-order valence-electron chi connectivity index (χ0n) is 22.4. The third-order valence-electron chi connectivity index (χ3n) is 5.84. The summed E-state index contributed by atoms with van der Waals surface area (Å²) in [6.07, 6.45) is 16.9. The Morgan fingerprint density at radius 2 is 2.05 bits per heavy atom. The molecule has 2 amide bonds. The number of carbonyl (C=O) groups excluding carboxylic acids is 2. The van der Waals surface area contributed by atoms with E-state index in [4.69, 9.17) is 23.8 Å². The summed E-state index contributed by atoms with van der Waals surface area (Å²) in [5, 5.41) is 6.41. The summed E-state index contributed by atoms with van der Waals surface area (Å²) in [5.74, 6) is 3.21. The first-order valence-electron chi connectivity index (χ1n) is 12.9. The molecule has 2 aromatic rings. The molecule has 2 atom stereocenters. The minimum absolute atomic E-state index is 0.120. The average molecular weight is 565 g/mol. The lowest BCUT2D eigenvalue weighted by atomic mass is 10.1. The number of hydrogen-bond acceptors (Lipinski definition) is 5. The van der Waals surface area contributed by atoms with Crippen molar-refractivity contribution >= 4 is 47.6 Å². The van der Waals surface area contributed by atoms with Crippen LogP contribution < -0.4 is 16.4 Å². The molecule has 2 aromatic carbocycles. The second kappa shape index (κ2) is 18.1. The predicted octanol–water partition coefficient (Wildman–Crippen LogP) is 6.08. The fourth-order valence-electron chi connectivity index (χ4n) is 3.56. The van der Waals surface area contributed by atoms with Crippen molar-refractivity contribution in [2.75, 3.05) is 12.3 Å². The van der Waals surface area contributed by atoms with Crippen LogP contribution in [0.15, 0.2) is 76.7 Å². The number of hydrogen-bond donors (Lipinski definition) is 3. The Labute approximate surface area is 241 Å². The number of rotatable bonds is 10. The first-order chi connectivity index (χ1) is 18.9. The summed E-state index contributed by atoms with van der Waals surface area (Å²) in [6.45, 7) is 6.85. The van der Waals surface area contributed by atoms with Gasteiger partial charge >= 0.3 is 0 Å². The van der Waals surface area contributed by atoms with Gasteiger partial charge in [-0.3, -0.25) is 14.6 Å². The highest BCUT2D eigenvalue weighted by Crippen LogP contribution is 2.30. The Hall–Kier alpha value is -3.31. The average Bonchev–Trinajstić information content (AvgIpc) is 3.16. The second-order valence-electron chi connectivity index (χ2n) is 8.89. The molecule has 1 aliphatic rings. The van der Waals surface area contributed by atoms with Gasteiger partial charge in [-0.2, -0.15) is 0 Å². The van der Waals surface area contributed by atoms with E-state index in [1.54, 1.807) is 23.9 Å². The van der Waals surface area contributed by atoms with Crippen LogP contribution in [0.4, 0.5) is 5.69 Å². The van der Waals surface area contributed by atoms with Crippen molar-refractivity contribution in [3.63, 3.8) is 0 Å². The van der Waals surface area contributed by atoms with Crippen molar-refractivity contribution in [3.8, 4) is 12.3 Å². The van der Waals surface area contributed by atoms with Crippen molar-refractivity contribution in [2.24, 2.45) is 16.6 Å². The Balaban J connectivity index is 0.000000499. The SMILES string of the molecule is C#CC(C)/C=C\C/C=C\CSc1ccc(C(=O)NC2CCCCNC2=O)cc1N=C.NCc1ccc(Cl)cc1. The third kappa shape index (κ3) is 12.0. The van der Waals surface area contributed by atoms with Crippen LogP contribution in [0.1, 0.15) is 48.5 Å². The molecule has 1 fully saturated rings. The number of carbonyl (C=O) groups is 2. The number of thioether (sulfide) groups is 1. The quantitative estimate of drug-likeness (QED) is 0.141. The van der Waals surface area contributed by atoms with Gasteiger partial charge in [-0.1, -0.05) is 54.0 Å². The number of allylic oxidation sites excluding steroid dienone is 3. The van der Waals surface area contributed by atoms with Gasteiger partial charge in [0, 0.05) is 40.2 Å². The van der Waals surface area contributed by atoms with Gasteiger partial charge in [-0.15, -0.1) is 18.2 Å². The molecule has 6 nitrogen and oxygen atoms in total. The summed E-state index contributed by atoms with van der Waals surface area (Å²) in [4.78, 5) is 29.6. The van der Waals surface area contributed by atoms with E-state index in [1.165, 1.54) is 0 Å². The molecule has 0 aromatic heterocycles. The molecule has 0 saturated carbocycles. The maximum absolute atomic E-state index is 12.6. The summed E-state index contributed by atoms with van der Waals surface area (Å²) in [7, 11) is 0. The van der Waals surface area contributed by atoms with Crippen LogP contribution in [0, 0.1) is 18.3 Å². The normalized spacial score (nSPS) is 15.9. The summed E-state index contributed by atoms with van der Waals surface area (Å²) in [5.41, 5.74) is 7.60. The molecule has 0 bridgehead atoms. The maximum atomic E-state index is 12.6. The third-order valence-corrected chi connectivity index (χ3v) is 7.11. The summed E-state index contributed by atoms with van der Waals surface area (Å²) in [6, 6.07) is 12.4. The Kier molecular flexibility index (Phi) is 14.8. The molecule has 3 rings (SSSR count). The lowest BCUT2D eigenvalue weighted by Gasteiger charge is -2.15. The van der Waals surface area contributed by atoms with Gasteiger partial charge in [-0.05, 0) is 75.2 Å². The van der Waals surface area contributed by atoms with Crippen molar-refractivity contribution in [1.29, 1.82) is 0 Å². The van der Waals surface area contributed by atoms with Crippen LogP contribution >= 0.6 is 23.4 Å². The van der Waals surface area contributed by atoms with Crippen LogP contribution in [0.3, 0.4) is 0 Å². The number of nitrogens with one attached hydrogen (secondary N) is 2. The van der Waals surface area contributed by atoms with E-state index < -0.39 is 6.04 Å². The Morgan fingerprint density at radius 3 is 2.74 bits per heavy atom. The number of halogens is 1. The number of nitrogens with zero attached hydrogens (tertiary/aromatic N) is 1.